The van der Waals surface area contributed by atoms with Crippen molar-refractivity contribution in [1.82, 2.24) is 5.32 Å². The predicted molar refractivity (Wildman–Crippen MR) is 92.6 cm³/mol. The number of hydrogen-bond donors (Lipinski definition) is 2. The Kier molecular flexibility index (Phi) is 6.18. The standard InChI is InChI=1S/C18H19ClN2O2/c1-13-11-15(19)7-8-16(13)21-18(23)12-17(22)20-10-9-14-5-3-2-4-6-14/h2-8,11H,9-10,12H2,1H3,(H,20,22)(H,21,23). The minimum Gasteiger partial charge on any atom is -0.355 e. The summed E-state index contributed by atoms with van der Waals surface area (Å²) in [5.74, 6) is -0.627. The fourth-order valence-electron chi connectivity index (χ4n) is 2.16. The SMILES string of the molecule is Cc1cc(Cl)ccc1NC(=O)CC(=O)NCCc1ccccc1. The van der Waals surface area contributed by atoms with Crippen LogP contribution in [0, 0.1) is 6.92 Å². The molecule has 120 valence electrons. The molecule has 0 aliphatic carbocycles. The Bertz CT molecular complexity index is 687. The molecule has 0 aliphatic rings. The van der Waals surface area contributed by atoms with E-state index >= 15 is 0 Å². The van der Waals surface area contributed by atoms with Crippen LogP contribution in [0.2, 0.25) is 5.02 Å². The van der Waals surface area contributed by atoms with E-state index < -0.39 is 0 Å². The lowest BCUT2D eigenvalue weighted by molar-refractivity contribution is -0.126. The van der Waals surface area contributed by atoms with Gasteiger partial charge in [-0.05, 0) is 42.7 Å². The Labute approximate surface area is 140 Å². The molecule has 0 saturated carbocycles. The fourth-order valence-corrected chi connectivity index (χ4v) is 2.39. The molecule has 0 saturated heterocycles. The number of hydrogen-bond acceptors (Lipinski definition) is 2. The van der Waals surface area contributed by atoms with Crippen LogP contribution in [0.3, 0.4) is 0 Å². The Morgan fingerprint density at radius 2 is 1.78 bits per heavy atom. The highest BCUT2D eigenvalue weighted by molar-refractivity contribution is 6.30. The molecule has 0 fully saturated rings. The van der Waals surface area contributed by atoms with Crippen molar-refractivity contribution in [2.45, 2.75) is 19.8 Å². The van der Waals surface area contributed by atoms with Crippen molar-refractivity contribution in [3.63, 3.8) is 0 Å². The van der Waals surface area contributed by atoms with Crippen LogP contribution in [-0.2, 0) is 16.0 Å². The van der Waals surface area contributed by atoms with Crippen molar-refractivity contribution in [1.29, 1.82) is 0 Å². The summed E-state index contributed by atoms with van der Waals surface area (Å²) in [6.07, 6.45) is 0.543. The van der Waals surface area contributed by atoms with Gasteiger partial charge in [-0.2, -0.15) is 0 Å². The van der Waals surface area contributed by atoms with Gasteiger partial charge in [-0.15, -0.1) is 0 Å². The summed E-state index contributed by atoms with van der Waals surface area (Å²) >= 11 is 5.87. The van der Waals surface area contributed by atoms with Gasteiger partial charge in [-0.1, -0.05) is 41.9 Å². The molecule has 0 bridgehead atoms. The first-order chi connectivity index (χ1) is 11.0. The van der Waals surface area contributed by atoms with E-state index in [1.807, 2.05) is 37.3 Å². The maximum Gasteiger partial charge on any atom is 0.233 e. The number of nitrogens with one attached hydrogen (secondary N) is 2. The van der Waals surface area contributed by atoms with Gasteiger partial charge in [0.2, 0.25) is 11.8 Å². The molecule has 23 heavy (non-hydrogen) atoms. The molecule has 5 heteroatoms. The van der Waals surface area contributed by atoms with Crippen LogP contribution in [0.15, 0.2) is 48.5 Å². The Morgan fingerprint density at radius 1 is 1.04 bits per heavy atom. The van der Waals surface area contributed by atoms with Crippen LogP contribution >= 0.6 is 11.6 Å². The minimum atomic E-state index is -0.340. The quantitative estimate of drug-likeness (QED) is 0.798. The van der Waals surface area contributed by atoms with Crippen LogP contribution in [0.1, 0.15) is 17.5 Å². The summed E-state index contributed by atoms with van der Waals surface area (Å²) < 4.78 is 0. The first-order valence-electron chi connectivity index (χ1n) is 7.41. The van der Waals surface area contributed by atoms with E-state index in [2.05, 4.69) is 10.6 Å². The molecule has 2 amide bonds. The lowest BCUT2D eigenvalue weighted by Gasteiger charge is -2.09. The Balaban J connectivity index is 1.75. The molecule has 2 aromatic rings. The maximum absolute atomic E-state index is 11.9. The van der Waals surface area contributed by atoms with Crippen LogP contribution in [0.4, 0.5) is 5.69 Å². The highest BCUT2D eigenvalue weighted by Crippen LogP contribution is 2.19. The lowest BCUT2D eigenvalue weighted by Crippen LogP contribution is -2.29. The van der Waals surface area contributed by atoms with Gasteiger partial charge in [-0.3, -0.25) is 9.59 Å². The molecule has 2 rings (SSSR count). The molecule has 0 atom stereocenters. The number of rotatable bonds is 6. The fraction of sp³-hybridized carbons (Fsp3) is 0.222. The van der Waals surface area contributed by atoms with Crippen molar-refractivity contribution in [3.8, 4) is 0 Å². The molecule has 0 spiro atoms. The van der Waals surface area contributed by atoms with Crippen LogP contribution < -0.4 is 10.6 Å². The third-order valence-electron chi connectivity index (χ3n) is 3.36. The van der Waals surface area contributed by atoms with Gasteiger partial charge in [0, 0.05) is 17.3 Å². The van der Waals surface area contributed by atoms with Crippen molar-refractivity contribution in [2.75, 3.05) is 11.9 Å². The van der Waals surface area contributed by atoms with E-state index in [1.165, 1.54) is 0 Å². The number of aryl methyl sites for hydroxylation is 1. The molecule has 0 radical (unpaired) electrons. The number of amides is 2. The number of carbonyl (C=O) groups is 2. The zero-order valence-electron chi connectivity index (χ0n) is 12.9. The minimum absolute atomic E-state index is 0.198. The third-order valence-corrected chi connectivity index (χ3v) is 3.60. The van der Waals surface area contributed by atoms with Gasteiger partial charge in [0.15, 0.2) is 0 Å². The van der Waals surface area contributed by atoms with Crippen LogP contribution in [-0.4, -0.2) is 18.4 Å². The molecule has 4 nitrogen and oxygen atoms in total. The molecular formula is C18H19ClN2O2. The second-order valence-electron chi connectivity index (χ2n) is 5.27. The largest absolute Gasteiger partial charge is 0.355 e. The number of carbonyl (C=O) groups excluding carboxylic acids is 2. The lowest BCUT2D eigenvalue weighted by atomic mass is 10.1. The highest BCUT2D eigenvalue weighted by atomic mass is 35.5. The Morgan fingerprint density at radius 3 is 2.48 bits per heavy atom. The van der Waals surface area contributed by atoms with Crippen molar-refractivity contribution in [2.24, 2.45) is 0 Å². The van der Waals surface area contributed by atoms with E-state index in [4.69, 9.17) is 11.6 Å². The average molecular weight is 331 g/mol. The highest BCUT2D eigenvalue weighted by Gasteiger charge is 2.10. The van der Waals surface area contributed by atoms with Gasteiger partial charge in [-0.25, -0.2) is 0 Å². The summed E-state index contributed by atoms with van der Waals surface area (Å²) in [5.41, 5.74) is 2.67. The second-order valence-corrected chi connectivity index (χ2v) is 5.71. The monoisotopic (exact) mass is 330 g/mol. The van der Waals surface area contributed by atoms with Gasteiger partial charge in [0.25, 0.3) is 0 Å². The normalized spacial score (nSPS) is 10.2. The smallest absolute Gasteiger partial charge is 0.233 e. The summed E-state index contributed by atoms with van der Waals surface area (Å²) in [7, 11) is 0. The maximum atomic E-state index is 11.9. The van der Waals surface area contributed by atoms with Crippen molar-refractivity contribution in [3.05, 3.63) is 64.7 Å². The number of halogens is 1. The summed E-state index contributed by atoms with van der Waals surface area (Å²) in [5, 5.41) is 6.08. The second kappa shape index (κ2) is 8.34. The number of benzene rings is 2. The van der Waals surface area contributed by atoms with Crippen LogP contribution in [0.25, 0.3) is 0 Å². The zero-order valence-corrected chi connectivity index (χ0v) is 13.7. The van der Waals surface area contributed by atoms with E-state index in [0.717, 1.165) is 17.5 Å². The van der Waals surface area contributed by atoms with Gasteiger partial charge < -0.3 is 10.6 Å². The topological polar surface area (TPSA) is 58.2 Å². The van der Waals surface area contributed by atoms with Gasteiger partial charge >= 0.3 is 0 Å². The molecule has 2 aromatic carbocycles. The molecular weight excluding hydrogens is 312 g/mol. The van der Waals surface area contributed by atoms with Gasteiger partial charge in [0.1, 0.15) is 6.42 Å². The molecule has 0 heterocycles. The van der Waals surface area contributed by atoms with E-state index in [-0.39, 0.29) is 18.2 Å². The van der Waals surface area contributed by atoms with E-state index in [9.17, 15) is 9.59 Å². The van der Waals surface area contributed by atoms with Crippen molar-refractivity contribution < 1.29 is 9.59 Å². The first-order valence-corrected chi connectivity index (χ1v) is 7.79. The summed E-state index contributed by atoms with van der Waals surface area (Å²) in [4.78, 5) is 23.7. The molecule has 0 aliphatic heterocycles. The van der Waals surface area contributed by atoms with Crippen LogP contribution in [0.5, 0.6) is 0 Å². The van der Waals surface area contributed by atoms with Gasteiger partial charge in [0.05, 0.1) is 0 Å². The predicted octanol–water partition coefficient (Wildman–Crippen LogP) is 3.34. The third kappa shape index (κ3) is 5.75. The zero-order chi connectivity index (χ0) is 16.7. The van der Waals surface area contributed by atoms with E-state index in [1.54, 1.807) is 18.2 Å². The first kappa shape index (κ1) is 17.0. The van der Waals surface area contributed by atoms with E-state index in [0.29, 0.717) is 17.3 Å². The number of anilines is 1. The van der Waals surface area contributed by atoms with Crippen molar-refractivity contribution >= 4 is 29.1 Å². The summed E-state index contributed by atoms with van der Waals surface area (Å²) in [6.45, 7) is 2.36. The molecule has 2 N–H and O–H groups in total. The molecule has 0 aromatic heterocycles. The Hall–Kier alpha value is -2.33. The average Bonchev–Trinajstić information content (AvgIpc) is 2.51. The molecule has 0 unspecified atom stereocenters. The summed E-state index contributed by atoms with van der Waals surface area (Å²) in [6, 6.07) is 15.1.